The number of hydrogen-bond acceptors (Lipinski definition) is 6. The maximum absolute atomic E-state index is 6.06. The Hall–Kier alpha value is -3.64. The lowest BCUT2D eigenvalue weighted by atomic mass is 10.1. The highest BCUT2D eigenvalue weighted by Gasteiger charge is 2.10. The van der Waals surface area contributed by atoms with Crippen LogP contribution in [0.15, 0.2) is 83.3 Å². The molecule has 0 amide bonds. The molecule has 31 heavy (non-hydrogen) atoms. The second-order valence-electron chi connectivity index (χ2n) is 6.93. The Morgan fingerprint density at radius 2 is 1.81 bits per heavy atom. The molecule has 0 aliphatic carbocycles. The number of nitrogens with one attached hydrogen (secondary N) is 1. The van der Waals surface area contributed by atoms with Crippen molar-refractivity contribution in [3.05, 3.63) is 94.9 Å². The first-order valence-corrected chi connectivity index (χ1v) is 10.8. The molecule has 0 saturated heterocycles. The summed E-state index contributed by atoms with van der Waals surface area (Å²) in [5, 5.41) is 7.10. The fraction of sp³-hybridized carbons (Fsp3) is 0.120. The lowest BCUT2D eigenvalue weighted by molar-refractivity contribution is 0.284. The van der Waals surface area contributed by atoms with Gasteiger partial charge in [0.15, 0.2) is 11.5 Å². The minimum absolute atomic E-state index is 0.446. The Balaban J connectivity index is 1.47. The standard InChI is InChI=1S/C25H23N3O2S/c1-18-11-13-20(14-12-18)22-17-31-25(27-22)28-26-15-21-9-6-10-23(29-2)24(21)30-16-19-7-4-3-5-8-19/h3-15,17H,16H2,1-2H3,(H,27,28)/b26-15-. The van der Waals surface area contributed by atoms with Gasteiger partial charge in [-0.2, -0.15) is 5.10 Å². The van der Waals surface area contributed by atoms with Crippen molar-refractivity contribution in [2.45, 2.75) is 13.5 Å². The van der Waals surface area contributed by atoms with E-state index >= 15 is 0 Å². The third kappa shape index (κ3) is 5.29. The van der Waals surface area contributed by atoms with Crippen molar-refractivity contribution in [2.24, 2.45) is 5.10 Å². The van der Waals surface area contributed by atoms with E-state index in [1.165, 1.54) is 16.9 Å². The molecule has 3 aromatic carbocycles. The number of para-hydroxylation sites is 1. The fourth-order valence-corrected chi connectivity index (χ4v) is 3.69. The predicted molar refractivity (Wildman–Crippen MR) is 127 cm³/mol. The summed E-state index contributed by atoms with van der Waals surface area (Å²) in [7, 11) is 1.63. The van der Waals surface area contributed by atoms with Crippen molar-refractivity contribution in [2.75, 3.05) is 12.5 Å². The van der Waals surface area contributed by atoms with Crippen LogP contribution in [0.4, 0.5) is 5.13 Å². The summed E-state index contributed by atoms with van der Waals surface area (Å²) in [6.45, 7) is 2.52. The van der Waals surface area contributed by atoms with Gasteiger partial charge in [-0.15, -0.1) is 11.3 Å². The second kappa shape index (κ2) is 9.91. The molecule has 0 spiro atoms. The molecule has 0 aliphatic rings. The first-order valence-electron chi connectivity index (χ1n) is 9.88. The van der Waals surface area contributed by atoms with E-state index in [9.17, 15) is 0 Å². The first kappa shape index (κ1) is 20.6. The number of aryl methyl sites for hydroxylation is 1. The monoisotopic (exact) mass is 429 g/mol. The van der Waals surface area contributed by atoms with Gasteiger partial charge < -0.3 is 9.47 Å². The molecule has 0 saturated carbocycles. The van der Waals surface area contributed by atoms with Gasteiger partial charge in [-0.05, 0) is 24.6 Å². The summed E-state index contributed by atoms with van der Waals surface area (Å²) < 4.78 is 11.5. The fourth-order valence-electron chi connectivity index (χ4n) is 3.02. The van der Waals surface area contributed by atoms with Gasteiger partial charge >= 0.3 is 0 Å². The zero-order valence-corrected chi connectivity index (χ0v) is 18.2. The number of methoxy groups -OCH3 is 1. The van der Waals surface area contributed by atoms with Crippen molar-refractivity contribution < 1.29 is 9.47 Å². The molecule has 0 radical (unpaired) electrons. The molecular weight excluding hydrogens is 406 g/mol. The maximum Gasteiger partial charge on any atom is 0.203 e. The SMILES string of the molecule is COc1cccc(/C=N\Nc2nc(-c3ccc(C)cc3)cs2)c1OCc1ccccc1. The number of aromatic nitrogens is 1. The molecule has 1 aromatic heterocycles. The molecule has 5 nitrogen and oxygen atoms in total. The van der Waals surface area contributed by atoms with Crippen LogP contribution in [0, 0.1) is 6.92 Å². The van der Waals surface area contributed by atoms with E-state index in [1.807, 2.05) is 53.9 Å². The minimum atomic E-state index is 0.446. The van der Waals surface area contributed by atoms with Gasteiger partial charge in [-0.25, -0.2) is 4.98 Å². The van der Waals surface area contributed by atoms with Gasteiger partial charge in [0.2, 0.25) is 5.13 Å². The molecule has 6 heteroatoms. The van der Waals surface area contributed by atoms with Gasteiger partial charge in [-0.3, -0.25) is 5.43 Å². The number of benzene rings is 3. The van der Waals surface area contributed by atoms with Gasteiger partial charge in [-0.1, -0.05) is 66.2 Å². The number of ether oxygens (including phenoxy) is 2. The Morgan fingerprint density at radius 1 is 1.00 bits per heavy atom. The van der Waals surface area contributed by atoms with Crippen LogP contribution in [-0.2, 0) is 6.61 Å². The third-order valence-electron chi connectivity index (χ3n) is 4.67. The minimum Gasteiger partial charge on any atom is -0.493 e. The zero-order valence-electron chi connectivity index (χ0n) is 17.4. The molecule has 0 bridgehead atoms. The van der Waals surface area contributed by atoms with Gasteiger partial charge in [0.1, 0.15) is 6.61 Å². The molecule has 0 aliphatic heterocycles. The maximum atomic E-state index is 6.06. The average Bonchev–Trinajstić information content (AvgIpc) is 3.28. The van der Waals surface area contributed by atoms with Crippen LogP contribution in [0.2, 0.25) is 0 Å². The molecule has 4 rings (SSSR count). The van der Waals surface area contributed by atoms with Crippen LogP contribution < -0.4 is 14.9 Å². The summed E-state index contributed by atoms with van der Waals surface area (Å²) in [4.78, 5) is 4.61. The number of hydrogen-bond donors (Lipinski definition) is 1. The highest BCUT2D eigenvalue weighted by atomic mass is 32.1. The van der Waals surface area contributed by atoms with Crippen molar-refractivity contribution in [1.82, 2.24) is 4.98 Å². The second-order valence-corrected chi connectivity index (χ2v) is 7.78. The Labute approximate surface area is 186 Å². The average molecular weight is 430 g/mol. The number of hydrazone groups is 1. The molecule has 1 N–H and O–H groups in total. The van der Waals surface area contributed by atoms with E-state index in [1.54, 1.807) is 13.3 Å². The van der Waals surface area contributed by atoms with E-state index in [0.29, 0.717) is 18.1 Å². The number of nitrogens with zero attached hydrogens (tertiary/aromatic N) is 2. The van der Waals surface area contributed by atoms with Crippen molar-refractivity contribution >= 4 is 22.7 Å². The quantitative estimate of drug-likeness (QED) is 0.269. The van der Waals surface area contributed by atoms with Crippen molar-refractivity contribution in [3.63, 3.8) is 0 Å². The van der Waals surface area contributed by atoms with Gasteiger partial charge in [0, 0.05) is 16.5 Å². The lowest BCUT2D eigenvalue weighted by Gasteiger charge is -2.13. The summed E-state index contributed by atoms with van der Waals surface area (Å²) in [5.74, 6) is 1.31. The number of rotatable bonds is 8. The highest BCUT2D eigenvalue weighted by Crippen LogP contribution is 2.31. The molecule has 0 unspecified atom stereocenters. The Kier molecular flexibility index (Phi) is 6.59. The molecule has 156 valence electrons. The van der Waals surface area contributed by atoms with Crippen LogP contribution in [0.3, 0.4) is 0 Å². The molecule has 0 fully saturated rings. The largest absolute Gasteiger partial charge is 0.493 e. The topological polar surface area (TPSA) is 55.7 Å². The summed E-state index contributed by atoms with van der Waals surface area (Å²) in [6, 6.07) is 24.1. The zero-order chi connectivity index (χ0) is 21.5. The molecule has 1 heterocycles. The van der Waals surface area contributed by atoms with Gasteiger partial charge in [0.05, 0.1) is 19.0 Å². The van der Waals surface area contributed by atoms with Crippen LogP contribution in [0.25, 0.3) is 11.3 Å². The molecule has 4 aromatic rings. The highest BCUT2D eigenvalue weighted by molar-refractivity contribution is 7.14. The molecule has 0 atom stereocenters. The van der Waals surface area contributed by atoms with E-state index < -0.39 is 0 Å². The summed E-state index contributed by atoms with van der Waals surface area (Å²) in [5.41, 5.74) is 8.16. The first-order chi connectivity index (χ1) is 15.2. The van der Waals surface area contributed by atoms with E-state index in [0.717, 1.165) is 27.5 Å². The summed E-state index contributed by atoms with van der Waals surface area (Å²) in [6.07, 6.45) is 1.72. The number of thiazole rings is 1. The van der Waals surface area contributed by atoms with E-state index in [4.69, 9.17) is 9.47 Å². The normalized spacial score (nSPS) is 10.9. The Bertz CT molecular complexity index is 1160. The van der Waals surface area contributed by atoms with Crippen molar-refractivity contribution in [1.29, 1.82) is 0 Å². The third-order valence-corrected chi connectivity index (χ3v) is 5.42. The van der Waals surface area contributed by atoms with Crippen molar-refractivity contribution in [3.8, 4) is 22.8 Å². The van der Waals surface area contributed by atoms with Crippen LogP contribution in [0.5, 0.6) is 11.5 Å². The van der Waals surface area contributed by atoms with Crippen LogP contribution in [-0.4, -0.2) is 18.3 Å². The van der Waals surface area contributed by atoms with Gasteiger partial charge in [0.25, 0.3) is 0 Å². The lowest BCUT2D eigenvalue weighted by Crippen LogP contribution is -2.01. The smallest absolute Gasteiger partial charge is 0.203 e. The summed E-state index contributed by atoms with van der Waals surface area (Å²) >= 11 is 1.51. The van der Waals surface area contributed by atoms with Crippen LogP contribution >= 0.6 is 11.3 Å². The predicted octanol–water partition coefficient (Wildman–Crippen LogP) is 6.15. The van der Waals surface area contributed by atoms with E-state index in [-0.39, 0.29) is 0 Å². The number of anilines is 1. The van der Waals surface area contributed by atoms with Crippen LogP contribution in [0.1, 0.15) is 16.7 Å². The van der Waals surface area contributed by atoms with E-state index in [2.05, 4.69) is 46.7 Å². The molecular formula is C25H23N3O2S. The Morgan fingerprint density at radius 3 is 2.58 bits per heavy atom.